The van der Waals surface area contributed by atoms with Crippen molar-refractivity contribution in [3.8, 4) is 0 Å². The first-order chi connectivity index (χ1) is 9.52. The number of hydrogen-bond donors (Lipinski definition) is 2. The van der Waals surface area contributed by atoms with Crippen LogP contribution in [-0.4, -0.2) is 23.2 Å². The number of anilines is 1. The van der Waals surface area contributed by atoms with Gasteiger partial charge in [-0.3, -0.25) is 9.59 Å². The van der Waals surface area contributed by atoms with E-state index in [1.165, 1.54) is 38.1 Å². The van der Waals surface area contributed by atoms with Crippen molar-refractivity contribution >= 4 is 17.6 Å². The minimum atomic E-state index is -4.37. The molecule has 116 valence electrons. The lowest BCUT2D eigenvalue weighted by Gasteiger charge is -2.19. The van der Waals surface area contributed by atoms with Crippen molar-refractivity contribution in [2.24, 2.45) is 0 Å². The number of amides is 1. The molecule has 4 nitrogen and oxygen atoms in total. The molecule has 21 heavy (non-hydrogen) atoms. The molecule has 0 bridgehead atoms. The van der Waals surface area contributed by atoms with E-state index in [-0.39, 0.29) is 0 Å². The standard InChI is InChI=1S/C14H16F3NO3/c1-13(2,12(20)21)9-3-5-10(6-4-9)18-11(19)7-8-14(15,16)17/h3-6H,7-8H2,1-2H3,(H,18,19)(H,20,21). The van der Waals surface area contributed by atoms with E-state index in [0.29, 0.717) is 11.3 Å². The second kappa shape index (κ2) is 6.15. The second-order valence-corrected chi connectivity index (χ2v) is 5.17. The summed E-state index contributed by atoms with van der Waals surface area (Å²) >= 11 is 0. The molecule has 0 spiro atoms. The maximum atomic E-state index is 12.0. The number of nitrogens with one attached hydrogen (secondary N) is 1. The van der Waals surface area contributed by atoms with Crippen LogP contribution in [0.2, 0.25) is 0 Å². The molecule has 0 heterocycles. The number of carbonyl (C=O) groups is 2. The van der Waals surface area contributed by atoms with Crippen molar-refractivity contribution in [2.45, 2.75) is 38.3 Å². The zero-order valence-electron chi connectivity index (χ0n) is 11.6. The number of aliphatic carboxylic acids is 1. The molecule has 1 rings (SSSR count). The lowest BCUT2D eigenvalue weighted by Crippen LogP contribution is -2.28. The summed E-state index contributed by atoms with van der Waals surface area (Å²) in [4.78, 5) is 22.4. The summed E-state index contributed by atoms with van der Waals surface area (Å²) in [5.41, 5.74) is -0.228. The van der Waals surface area contributed by atoms with E-state index in [9.17, 15) is 22.8 Å². The van der Waals surface area contributed by atoms with E-state index in [0.717, 1.165) is 0 Å². The molecule has 0 atom stereocenters. The Hall–Kier alpha value is -2.05. The molecule has 0 saturated carbocycles. The van der Waals surface area contributed by atoms with Crippen molar-refractivity contribution in [1.82, 2.24) is 0 Å². The van der Waals surface area contributed by atoms with Crippen LogP contribution in [-0.2, 0) is 15.0 Å². The summed E-state index contributed by atoms with van der Waals surface area (Å²) in [7, 11) is 0. The summed E-state index contributed by atoms with van der Waals surface area (Å²) in [5.74, 6) is -1.73. The second-order valence-electron chi connectivity index (χ2n) is 5.17. The SMILES string of the molecule is CC(C)(C(=O)O)c1ccc(NC(=O)CCC(F)(F)F)cc1. The summed E-state index contributed by atoms with van der Waals surface area (Å²) in [6.45, 7) is 3.07. The minimum Gasteiger partial charge on any atom is -0.481 e. The van der Waals surface area contributed by atoms with E-state index >= 15 is 0 Å². The van der Waals surface area contributed by atoms with Crippen LogP contribution >= 0.6 is 0 Å². The van der Waals surface area contributed by atoms with Gasteiger partial charge in [-0.15, -0.1) is 0 Å². The Labute approximate surface area is 120 Å². The Morgan fingerprint density at radius 1 is 1.14 bits per heavy atom. The molecule has 0 radical (unpaired) electrons. The first kappa shape index (κ1) is 17.0. The van der Waals surface area contributed by atoms with E-state index in [1.807, 2.05) is 0 Å². The topological polar surface area (TPSA) is 66.4 Å². The molecule has 0 saturated heterocycles. The fourth-order valence-electron chi connectivity index (χ4n) is 1.57. The predicted octanol–water partition coefficient (Wildman–Crippen LogP) is 3.33. The van der Waals surface area contributed by atoms with Gasteiger partial charge in [0.1, 0.15) is 0 Å². The number of carbonyl (C=O) groups excluding carboxylic acids is 1. The van der Waals surface area contributed by atoms with Crippen LogP contribution in [0.25, 0.3) is 0 Å². The van der Waals surface area contributed by atoms with Gasteiger partial charge in [0, 0.05) is 12.1 Å². The zero-order chi connectivity index (χ0) is 16.3. The Bertz CT molecular complexity index is 521. The largest absolute Gasteiger partial charge is 0.481 e. The van der Waals surface area contributed by atoms with Crippen molar-refractivity contribution in [3.63, 3.8) is 0 Å². The quantitative estimate of drug-likeness (QED) is 0.877. The zero-order valence-corrected chi connectivity index (χ0v) is 11.6. The summed E-state index contributed by atoms with van der Waals surface area (Å²) in [5, 5.41) is 11.4. The number of hydrogen-bond acceptors (Lipinski definition) is 2. The van der Waals surface area contributed by atoms with Crippen molar-refractivity contribution < 1.29 is 27.9 Å². The molecule has 1 amide bonds. The first-order valence-electron chi connectivity index (χ1n) is 6.23. The number of carboxylic acids is 1. The number of alkyl halides is 3. The van der Waals surface area contributed by atoms with Gasteiger partial charge in [0.15, 0.2) is 0 Å². The molecule has 7 heteroatoms. The van der Waals surface area contributed by atoms with Gasteiger partial charge in [-0.25, -0.2) is 0 Å². The number of benzene rings is 1. The molecule has 0 unspecified atom stereocenters. The molecule has 0 aliphatic heterocycles. The minimum absolute atomic E-state index is 0.326. The number of carboxylic acid groups (broad SMARTS) is 1. The maximum Gasteiger partial charge on any atom is 0.389 e. The van der Waals surface area contributed by atoms with Gasteiger partial charge in [-0.1, -0.05) is 12.1 Å². The Morgan fingerprint density at radius 2 is 1.67 bits per heavy atom. The van der Waals surface area contributed by atoms with Gasteiger partial charge in [0.2, 0.25) is 5.91 Å². The van der Waals surface area contributed by atoms with Crippen molar-refractivity contribution in [3.05, 3.63) is 29.8 Å². The summed E-state index contributed by atoms with van der Waals surface area (Å²) < 4.78 is 35.9. The molecule has 0 fully saturated rings. The lowest BCUT2D eigenvalue weighted by molar-refractivity contribution is -0.142. The highest BCUT2D eigenvalue weighted by Crippen LogP contribution is 2.25. The van der Waals surface area contributed by atoms with Gasteiger partial charge < -0.3 is 10.4 Å². The third kappa shape index (κ3) is 5.09. The smallest absolute Gasteiger partial charge is 0.389 e. The number of halogens is 3. The van der Waals surface area contributed by atoms with Gasteiger partial charge in [-0.2, -0.15) is 13.2 Å². The van der Waals surface area contributed by atoms with Crippen LogP contribution < -0.4 is 5.32 Å². The molecule has 1 aromatic carbocycles. The molecule has 0 aliphatic carbocycles. The fourth-order valence-corrected chi connectivity index (χ4v) is 1.57. The van der Waals surface area contributed by atoms with Crippen LogP contribution in [0.3, 0.4) is 0 Å². The van der Waals surface area contributed by atoms with Crippen molar-refractivity contribution in [2.75, 3.05) is 5.32 Å². The van der Waals surface area contributed by atoms with Gasteiger partial charge >= 0.3 is 12.1 Å². The average molecular weight is 303 g/mol. The van der Waals surface area contributed by atoms with Crippen LogP contribution in [0.15, 0.2) is 24.3 Å². The first-order valence-corrected chi connectivity index (χ1v) is 6.23. The Balaban J connectivity index is 2.67. The predicted molar refractivity (Wildman–Crippen MR) is 71.0 cm³/mol. The third-order valence-corrected chi connectivity index (χ3v) is 3.06. The van der Waals surface area contributed by atoms with Crippen LogP contribution in [0, 0.1) is 0 Å². The van der Waals surface area contributed by atoms with E-state index in [1.54, 1.807) is 0 Å². The Kier molecular flexibility index (Phi) is 4.98. The Morgan fingerprint density at radius 3 is 2.10 bits per heavy atom. The van der Waals surface area contributed by atoms with Crippen LogP contribution in [0.5, 0.6) is 0 Å². The fraction of sp³-hybridized carbons (Fsp3) is 0.429. The highest BCUT2D eigenvalue weighted by Gasteiger charge is 2.29. The van der Waals surface area contributed by atoms with Gasteiger partial charge in [-0.05, 0) is 31.5 Å². The van der Waals surface area contributed by atoms with Crippen LogP contribution in [0.4, 0.5) is 18.9 Å². The summed E-state index contributed by atoms with van der Waals surface area (Å²) in [6, 6.07) is 5.97. The van der Waals surface area contributed by atoms with E-state index in [2.05, 4.69) is 5.32 Å². The molecular weight excluding hydrogens is 287 g/mol. The molecule has 0 aromatic heterocycles. The normalized spacial score (nSPS) is 12.0. The van der Waals surface area contributed by atoms with Gasteiger partial charge in [0.05, 0.1) is 11.8 Å². The van der Waals surface area contributed by atoms with Crippen LogP contribution in [0.1, 0.15) is 32.3 Å². The molecule has 2 N–H and O–H groups in total. The molecule has 1 aromatic rings. The third-order valence-electron chi connectivity index (χ3n) is 3.06. The summed E-state index contributed by atoms with van der Waals surface area (Å²) in [6.07, 6.45) is -6.19. The van der Waals surface area contributed by atoms with E-state index < -0.39 is 36.3 Å². The maximum absolute atomic E-state index is 12.0. The molecule has 0 aliphatic rings. The van der Waals surface area contributed by atoms with Crippen molar-refractivity contribution in [1.29, 1.82) is 0 Å². The molecular formula is C14H16F3NO3. The lowest BCUT2D eigenvalue weighted by atomic mass is 9.85. The number of rotatable bonds is 5. The van der Waals surface area contributed by atoms with Gasteiger partial charge in [0.25, 0.3) is 0 Å². The van der Waals surface area contributed by atoms with E-state index in [4.69, 9.17) is 5.11 Å². The monoisotopic (exact) mass is 303 g/mol. The average Bonchev–Trinajstić information content (AvgIpc) is 2.36. The highest BCUT2D eigenvalue weighted by molar-refractivity contribution is 5.90. The highest BCUT2D eigenvalue weighted by atomic mass is 19.4.